The highest BCUT2D eigenvalue weighted by molar-refractivity contribution is 7.90. The Hall–Kier alpha value is -2.41. The fourth-order valence-electron chi connectivity index (χ4n) is 1.84. The van der Waals surface area contributed by atoms with Crippen LogP contribution in [-0.2, 0) is 10.0 Å². The summed E-state index contributed by atoms with van der Waals surface area (Å²) >= 11 is 0. The fourth-order valence-corrected chi connectivity index (χ4v) is 3.16. The van der Waals surface area contributed by atoms with Crippen LogP contribution >= 0.6 is 0 Å². The number of fused-ring (bicyclic) bond motifs is 1. The first-order valence-corrected chi connectivity index (χ1v) is 6.90. The molecule has 0 aliphatic heterocycles. The molecule has 0 spiro atoms. The number of H-pyrrole nitrogens is 1. The molecule has 2 heterocycles. The number of aromatic nitrogens is 3. The van der Waals surface area contributed by atoms with E-state index in [2.05, 4.69) is 9.97 Å². The van der Waals surface area contributed by atoms with Gasteiger partial charge in [-0.05, 0) is 18.2 Å². The largest absolute Gasteiger partial charge is 0.313 e. The second-order valence-electron chi connectivity index (χ2n) is 3.90. The van der Waals surface area contributed by atoms with Gasteiger partial charge in [0.05, 0.1) is 16.6 Å². The summed E-state index contributed by atoms with van der Waals surface area (Å²) in [6, 6.07) is 9.43. The van der Waals surface area contributed by atoms with E-state index in [0.717, 1.165) is 3.97 Å². The molecule has 1 aromatic carbocycles. The molecule has 0 bridgehead atoms. The predicted molar refractivity (Wildman–Crippen MR) is 69.4 cm³/mol. The van der Waals surface area contributed by atoms with Crippen LogP contribution in [0.2, 0.25) is 0 Å². The van der Waals surface area contributed by atoms with Crippen molar-refractivity contribution in [1.82, 2.24) is 13.9 Å². The summed E-state index contributed by atoms with van der Waals surface area (Å²) in [6.45, 7) is 0. The van der Waals surface area contributed by atoms with Crippen molar-refractivity contribution in [1.29, 1.82) is 0 Å². The summed E-state index contributed by atoms with van der Waals surface area (Å²) in [6.07, 6.45) is 2.51. The Kier molecular flexibility index (Phi) is 2.49. The van der Waals surface area contributed by atoms with Crippen LogP contribution in [0.5, 0.6) is 0 Å². The third-order valence-electron chi connectivity index (χ3n) is 2.75. The average Bonchev–Trinajstić information content (AvgIpc) is 2.86. The Bertz CT molecular complexity index is 895. The summed E-state index contributed by atoms with van der Waals surface area (Å²) < 4.78 is 25.9. The van der Waals surface area contributed by atoms with Crippen molar-refractivity contribution < 1.29 is 8.42 Å². The van der Waals surface area contributed by atoms with E-state index in [1.807, 2.05) is 0 Å². The summed E-state index contributed by atoms with van der Waals surface area (Å²) in [5.41, 5.74) is -0.250. The van der Waals surface area contributed by atoms with Crippen LogP contribution in [-0.4, -0.2) is 22.4 Å². The smallest absolute Gasteiger partial charge is 0.269 e. The Labute approximate surface area is 108 Å². The van der Waals surface area contributed by atoms with Gasteiger partial charge in [-0.3, -0.25) is 4.79 Å². The van der Waals surface area contributed by atoms with Crippen LogP contribution in [0, 0.1) is 0 Å². The molecule has 0 unspecified atom stereocenters. The van der Waals surface area contributed by atoms with Crippen molar-refractivity contribution in [2.75, 3.05) is 0 Å². The molecule has 2 aromatic heterocycles. The molecule has 0 radical (unpaired) electrons. The van der Waals surface area contributed by atoms with Crippen LogP contribution in [0.25, 0.3) is 11.0 Å². The zero-order chi connectivity index (χ0) is 13.5. The molecule has 7 heteroatoms. The van der Waals surface area contributed by atoms with Gasteiger partial charge in [0.15, 0.2) is 5.65 Å². The molecular weight excluding hydrogens is 266 g/mol. The van der Waals surface area contributed by atoms with Gasteiger partial charge in [-0.15, -0.1) is 0 Å². The van der Waals surface area contributed by atoms with Gasteiger partial charge in [0.2, 0.25) is 0 Å². The zero-order valence-corrected chi connectivity index (χ0v) is 10.5. The monoisotopic (exact) mass is 275 g/mol. The number of benzene rings is 1. The quantitative estimate of drug-likeness (QED) is 0.755. The van der Waals surface area contributed by atoms with Crippen molar-refractivity contribution in [2.45, 2.75) is 4.90 Å². The van der Waals surface area contributed by atoms with Gasteiger partial charge in [0.1, 0.15) is 0 Å². The van der Waals surface area contributed by atoms with E-state index < -0.39 is 10.0 Å². The molecule has 0 saturated heterocycles. The second kappa shape index (κ2) is 4.06. The number of nitrogens with zero attached hydrogens (tertiary/aromatic N) is 2. The maximum absolute atomic E-state index is 12.4. The highest BCUT2D eigenvalue weighted by atomic mass is 32.2. The van der Waals surface area contributed by atoms with Crippen LogP contribution in [0.15, 0.2) is 58.6 Å². The molecule has 1 N–H and O–H groups in total. The molecule has 0 aliphatic carbocycles. The lowest BCUT2D eigenvalue weighted by atomic mass is 10.4. The maximum atomic E-state index is 12.4. The van der Waals surface area contributed by atoms with Gasteiger partial charge >= 0.3 is 0 Å². The zero-order valence-electron chi connectivity index (χ0n) is 9.65. The molecule has 3 rings (SSSR count). The highest BCUT2D eigenvalue weighted by Gasteiger charge is 2.19. The standard InChI is InChI=1S/C12H9N3O3S/c16-12-10-6-7-15(11(10)13-8-14-12)19(17,18)9-4-2-1-3-5-9/h1-8H,(H,13,14,16). The fraction of sp³-hybridized carbons (Fsp3) is 0. The minimum absolute atomic E-state index is 0.118. The lowest BCUT2D eigenvalue weighted by Gasteiger charge is -2.06. The van der Waals surface area contributed by atoms with E-state index in [9.17, 15) is 13.2 Å². The van der Waals surface area contributed by atoms with Gasteiger partial charge in [-0.25, -0.2) is 17.4 Å². The van der Waals surface area contributed by atoms with Crippen molar-refractivity contribution in [2.24, 2.45) is 0 Å². The van der Waals surface area contributed by atoms with Gasteiger partial charge in [0, 0.05) is 6.20 Å². The predicted octanol–water partition coefficient (Wildman–Crippen LogP) is 0.962. The van der Waals surface area contributed by atoms with E-state index in [1.165, 1.54) is 30.7 Å². The van der Waals surface area contributed by atoms with Crippen molar-refractivity contribution in [3.8, 4) is 0 Å². The first-order chi connectivity index (χ1) is 9.10. The first kappa shape index (κ1) is 11.7. The molecule has 0 amide bonds. The topological polar surface area (TPSA) is 84.8 Å². The molecule has 6 nitrogen and oxygen atoms in total. The van der Waals surface area contributed by atoms with Gasteiger partial charge < -0.3 is 4.98 Å². The summed E-state index contributed by atoms with van der Waals surface area (Å²) in [4.78, 5) is 18.0. The number of hydrogen-bond acceptors (Lipinski definition) is 4. The number of rotatable bonds is 2. The van der Waals surface area contributed by atoms with Gasteiger partial charge in [0.25, 0.3) is 15.6 Å². The third-order valence-corrected chi connectivity index (χ3v) is 4.43. The number of nitrogens with one attached hydrogen (secondary N) is 1. The third kappa shape index (κ3) is 1.75. The first-order valence-electron chi connectivity index (χ1n) is 5.46. The summed E-state index contributed by atoms with van der Waals surface area (Å²) in [5, 5.41) is 0.238. The minimum Gasteiger partial charge on any atom is -0.313 e. The van der Waals surface area contributed by atoms with Crippen LogP contribution < -0.4 is 5.56 Å². The van der Waals surface area contributed by atoms with Crippen molar-refractivity contribution in [3.05, 3.63) is 59.3 Å². The van der Waals surface area contributed by atoms with Crippen LogP contribution in [0.3, 0.4) is 0 Å². The lowest BCUT2D eigenvalue weighted by Crippen LogP contribution is -2.14. The van der Waals surface area contributed by atoms with Crippen LogP contribution in [0.1, 0.15) is 0 Å². The second-order valence-corrected chi connectivity index (χ2v) is 5.71. The van der Waals surface area contributed by atoms with Crippen molar-refractivity contribution in [3.63, 3.8) is 0 Å². The van der Waals surface area contributed by atoms with Crippen LogP contribution in [0.4, 0.5) is 0 Å². The Morgan fingerprint density at radius 1 is 1.11 bits per heavy atom. The molecule has 96 valence electrons. The SMILES string of the molecule is O=c1[nH]cnc2c1ccn2S(=O)(=O)c1ccccc1. The summed E-state index contributed by atoms with van der Waals surface area (Å²) in [5.74, 6) is 0. The van der Waals surface area contributed by atoms with Crippen molar-refractivity contribution >= 4 is 21.1 Å². The maximum Gasteiger partial charge on any atom is 0.269 e. The van der Waals surface area contributed by atoms with E-state index in [1.54, 1.807) is 18.2 Å². The molecule has 0 saturated carbocycles. The lowest BCUT2D eigenvalue weighted by molar-refractivity contribution is 0.588. The molecule has 19 heavy (non-hydrogen) atoms. The Morgan fingerprint density at radius 2 is 1.84 bits per heavy atom. The molecular formula is C12H9N3O3S. The number of aromatic amines is 1. The summed E-state index contributed by atoms with van der Waals surface area (Å²) in [7, 11) is -3.74. The Balaban J connectivity index is 2.32. The van der Waals surface area contributed by atoms with Gasteiger partial charge in [-0.2, -0.15) is 0 Å². The van der Waals surface area contributed by atoms with Gasteiger partial charge in [-0.1, -0.05) is 18.2 Å². The normalized spacial score (nSPS) is 11.8. The average molecular weight is 275 g/mol. The molecule has 0 fully saturated rings. The molecule has 0 atom stereocenters. The molecule has 0 aliphatic rings. The van der Waals surface area contributed by atoms with E-state index in [-0.39, 0.29) is 21.5 Å². The number of hydrogen-bond donors (Lipinski definition) is 1. The minimum atomic E-state index is -3.74. The highest BCUT2D eigenvalue weighted by Crippen LogP contribution is 2.17. The molecule has 3 aromatic rings. The van der Waals surface area contributed by atoms with E-state index in [0.29, 0.717) is 0 Å². The Morgan fingerprint density at radius 3 is 2.58 bits per heavy atom. The van der Waals surface area contributed by atoms with E-state index >= 15 is 0 Å². The van der Waals surface area contributed by atoms with E-state index in [4.69, 9.17) is 0 Å².